The van der Waals surface area contributed by atoms with Crippen LogP contribution in [-0.4, -0.2) is 47.8 Å². The molecule has 2 heterocycles. The van der Waals surface area contributed by atoms with Crippen molar-refractivity contribution in [1.82, 2.24) is 10.2 Å². The first-order valence-corrected chi connectivity index (χ1v) is 10.6. The Morgan fingerprint density at radius 2 is 1.77 bits per heavy atom. The van der Waals surface area contributed by atoms with Gasteiger partial charge in [0.05, 0.1) is 0 Å². The minimum Gasteiger partial charge on any atom is -0.350 e. The molecular formula is C24H26FN3O3. The van der Waals surface area contributed by atoms with Crippen molar-refractivity contribution in [3.63, 3.8) is 0 Å². The zero-order valence-corrected chi connectivity index (χ0v) is 17.4. The molecule has 2 aliphatic heterocycles. The van der Waals surface area contributed by atoms with Crippen LogP contribution in [0.5, 0.6) is 0 Å². The van der Waals surface area contributed by atoms with Crippen LogP contribution >= 0.6 is 0 Å². The molecule has 0 bridgehead atoms. The number of carbonyl (C=O) groups excluding carboxylic acids is 3. The van der Waals surface area contributed by atoms with Gasteiger partial charge >= 0.3 is 0 Å². The van der Waals surface area contributed by atoms with Gasteiger partial charge in [0.25, 0.3) is 0 Å². The number of halogens is 1. The number of hydrogen-bond donors (Lipinski definition) is 1. The SMILES string of the molecule is O=C1CC[C@](CCC(=O)N2CCN(c3ccccc3)C(=O)C2)(Cc2ccc(F)cc2)N1. The first-order valence-electron chi connectivity index (χ1n) is 10.6. The number of benzene rings is 2. The van der Waals surface area contributed by atoms with Gasteiger partial charge in [-0.15, -0.1) is 0 Å². The second kappa shape index (κ2) is 8.88. The van der Waals surface area contributed by atoms with Gasteiger partial charge in [-0.1, -0.05) is 30.3 Å². The van der Waals surface area contributed by atoms with Crippen molar-refractivity contribution in [3.8, 4) is 0 Å². The van der Waals surface area contributed by atoms with Gasteiger partial charge in [0.2, 0.25) is 17.7 Å². The van der Waals surface area contributed by atoms with E-state index in [1.54, 1.807) is 21.9 Å². The van der Waals surface area contributed by atoms with Crippen LogP contribution in [0, 0.1) is 5.82 Å². The lowest BCUT2D eigenvalue weighted by atomic mass is 9.85. The van der Waals surface area contributed by atoms with E-state index < -0.39 is 5.54 Å². The predicted molar refractivity (Wildman–Crippen MR) is 115 cm³/mol. The van der Waals surface area contributed by atoms with E-state index in [1.165, 1.54) is 12.1 Å². The number of nitrogens with one attached hydrogen (secondary N) is 1. The highest BCUT2D eigenvalue weighted by Gasteiger charge is 2.38. The van der Waals surface area contributed by atoms with Gasteiger partial charge in [0.15, 0.2) is 0 Å². The number of piperazine rings is 1. The van der Waals surface area contributed by atoms with Crippen LogP contribution in [0.1, 0.15) is 31.2 Å². The Morgan fingerprint density at radius 3 is 2.42 bits per heavy atom. The largest absolute Gasteiger partial charge is 0.350 e. The number of rotatable bonds is 6. The molecule has 0 aliphatic carbocycles. The zero-order chi connectivity index (χ0) is 21.8. The van der Waals surface area contributed by atoms with Crippen LogP contribution in [0.4, 0.5) is 10.1 Å². The average molecular weight is 423 g/mol. The van der Waals surface area contributed by atoms with Gasteiger partial charge in [-0.05, 0) is 49.1 Å². The molecule has 7 heteroatoms. The molecule has 2 aliphatic rings. The summed E-state index contributed by atoms with van der Waals surface area (Å²) in [7, 11) is 0. The molecule has 2 saturated heterocycles. The summed E-state index contributed by atoms with van der Waals surface area (Å²) in [4.78, 5) is 40.7. The number of amides is 3. The summed E-state index contributed by atoms with van der Waals surface area (Å²) in [6, 6.07) is 15.7. The molecule has 162 valence electrons. The fourth-order valence-electron chi connectivity index (χ4n) is 4.45. The van der Waals surface area contributed by atoms with Crippen molar-refractivity contribution < 1.29 is 18.8 Å². The van der Waals surface area contributed by atoms with Gasteiger partial charge in [-0.25, -0.2) is 4.39 Å². The number of nitrogens with zero attached hydrogens (tertiary/aromatic N) is 2. The Balaban J connectivity index is 1.36. The van der Waals surface area contributed by atoms with Crippen molar-refractivity contribution in [2.24, 2.45) is 0 Å². The van der Waals surface area contributed by atoms with Crippen molar-refractivity contribution in [2.45, 2.75) is 37.6 Å². The predicted octanol–water partition coefficient (Wildman–Crippen LogP) is 2.67. The van der Waals surface area contributed by atoms with E-state index in [-0.39, 0.29) is 36.5 Å². The van der Waals surface area contributed by atoms with Crippen molar-refractivity contribution in [2.75, 3.05) is 24.5 Å². The molecule has 2 fully saturated rings. The zero-order valence-electron chi connectivity index (χ0n) is 17.4. The van der Waals surface area contributed by atoms with Crippen LogP contribution in [0.15, 0.2) is 54.6 Å². The quantitative estimate of drug-likeness (QED) is 0.777. The molecule has 3 amide bonds. The van der Waals surface area contributed by atoms with Crippen LogP contribution in [-0.2, 0) is 20.8 Å². The third-order valence-electron chi connectivity index (χ3n) is 6.15. The molecule has 4 rings (SSSR count). The first-order chi connectivity index (χ1) is 14.9. The van der Waals surface area contributed by atoms with Crippen LogP contribution in [0.25, 0.3) is 0 Å². The Labute approximate surface area is 181 Å². The fourth-order valence-corrected chi connectivity index (χ4v) is 4.45. The summed E-state index contributed by atoms with van der Waals surface area (Å²) in [5.74, 6) is -0.509. The van der Waals surface area contributed by atoms with Gasteiger partial charge in [-0.3, -0.25) is 14.4 Å². The Kier molecular flexibility index (Phi) is 6.02. The molecule has 0 aromatic heterocycles. The summed E-state index contributed by atoms with van der Waals surface area (Å²) in [6.45, 7) is 1.01. The second-order valence-electron chi connectivity index (χ2n) is 8.33. The average Bonchev–Trinajstić information content (AvgIpc) is 3.15. The van der Waals surface area contributed by atoms with E-state index >= 15 is 0 Å². The molecule has 6 nitrogen and oxygen atoms in total. The molecular weight excluding hydrogens is 397 g/mol. The maximum absolute atomic E-state index is 13.2. The standard InChI is InChI=1S/C24H26FN3O3/c25-19-8-6-18(7-9-19)16-24(12-10-21(29)26-24)13-11-22(30)27-14-15-28(23(31)17-27)20-4-2-1-3-5-20/h1-9H,10-17H2,(H,26,29)/t24-/m0/s1. The molecule has 31 heavy (non-hydrogen) atoms. The Morgan fingerprint density at radius 1 is 1.03 bits per heavy atom. The van der Waals surface area contributed by atoms with Gasteiger partial charge in [-0.2, -0.15) is 0 Å². The highest BCUT2D eigenvalue weighted by molar-refractivity contribution is 5.97. The summed E-state index contributed by atoms with van der Waals surface area (Å²) >= 11 is 0. The Bertz CT molecular complexity index is 964. The number of hydrogen-bond acceptors (Lipinski definition) is 3. The number of anilines is 1. The topological polar surface area (TPSA) is 69.7 Å². The molecule has 1 N–H and O–H groups in total. The lowest BCUT2D eigenvalue weighted by Crippen LogP contribution is -2.53. The monoisotopic (exact) mass is 423 g/mol. The highest BCUT2D eigenvalue weighted by atomic mass is 19.1. The van der Waals surface area contributed by atoms with E-state index in [0.717, 1.165) is 11.3 Å². The third kappa shape index (κ3) is 4.93. The number of para-hydroxylation sites is 1. The maximum atomic E-state index is 13.2. The van der Waals surface area contributed by atoms with E-state index in [2.05, 4.69) is 5.32 Å². The molecule has 2 aromatic rings. The van der Waals surface area contributed by atoms with Crippen LogP contribution in [0.3, 0.4) is 0 Å². The first kappa shape index (κ1) is 21.0. The van der Waals surface area contributed by atoms with E-state index in [4.69, 9.17) is 0 Å². The van der Waals surface area contributed by atoms with Gasteiger partial charge < -0.3 is 15.1 Å². The highest BCUT2D eigenvalue weighted by Crippen LogP contribution is 2.30. The minimum absolute atomic E-state index is 0.0267. The normalized spacial score (nSPS) is 21.3. The van der Waals surface area contributed by atoms with E-state index in [1.807, 2.05) is 30.3 Å². The molecule has 0 saturated carbocycles. The fraction of sp³-hybridized carbons (Fsp3) is 0.375. The molecule has 1 atom stereocenters. The molecule has 0 unspecified atom stereocenters. The minimum atomic E-state index is -0.513. The smallest absolute Gasteiger partial charge is 0.246 e. The lowest BCUT2D eigenvalue weighted by Gasteiger charge is -2.35. The Hall–Kier alpha value is -3.22. The summed E-state index contributed by atoms with van der Waals surface area (Å²) in [6.07, 6.45) is 2.34. The van der Waals surface area contributed by atoms with E-state index in [9.17, 15) is 18.8 Å². The maximum Gasteiger partial charge on any atom is 0.246 e. The van der Waals surface area contributed by atoms with Gasteiger partial charge in [0, 0.05) is 37.2 Å². The van der Waals surface area contributed by atoms with Gasteiger partial charge in [0.1, 0.15) is 12.4 Å². The van der Waals surface area contributed by atoms with Crippen molar-refractivity contribution in [1.29, 1.82) is 0 Å². The summed E-state index contributed by atoms with van der Waals surface area (Å²) in [5.41, 5.74) is 1.25. The molecule has 0 spiro atoms. The number of carbonyl (C=O) groups is 3. The molecule has 2 aromatic carbocycles. The summed E-state index contributed by atoms with van der Waals surface area (Å²) < 4.78 is 13.2. The lowest BCUT2D eigenvalue weighted by molar-refractivity contribution is -0.137. The van der Waals surface area contributed by atoms with Crippen LogP contribution in [0.2, 0.25) is 0 Å². The second-order valence-corrected chi connectivity index (χ2v) is 8.33. The van der Waals surface area contributed by atoms with Crippen molar-refractivity contribution in [3.05, 3.63) is 66.0 Å². The summed E-state index contributed by atoms with van der Waals surface area (Å²) in [5, 5.41) is 3.05. The van der Waals surface area contributed by atoms with Crippen LogP contribution < -0.4 is 10.2 Å². The van der Waals surface area contributed by atoms with E-state index in [0.29, 0.717) is 38.8 Å². The molecule has 0 radical (unpaired) electrons. The third-order valence-corrected chi connectivity index (χ3v) is 6.15. The van der Waals surface area contributed by atoms with Crippen molar-refractivity contribution >= 4 is 23.4 Å².